The molecule has 0 aliphatic heterocycles. The Hall–Kier alpha value is -2.00. The molecule has 0 unspecified atom stereocenters. The van der Waals surface area contributed by atoms with Crippen molar-refractivity contribution >= 4 is 11.0 Å². The molecule has 1 aromatic carbocycles. The van der Waals surface area contributed by atoms with E-state index in [0.717, 1.165) is 41.1 Å². The summed E-state index contributed by atoms with van der Waals surface area (Å²) in [7, 11) is 0. The molecule has 0 amide bonds. The molecule has 0 spiro atoms. The van der Waals surface area contributed by atoms with E-state index in [0.29, 0.717) is 0 Å². The van der Waals surface area contributed by atoms with Crippen molar-refractivity contribution in [3.63, 3.8) is 0 Å². The van der Waals surface area contributed by atoms with Gasteiger partial charge in [0.25, 0.3) is 0 Å². The minimum atomic E-state index is 0.717. The molecule has 0 atom stereocenters. The van der Waals surface area contributed by atoms with Gasteiger partial charge in [-0.1, -0.05) is 18.6 Å². The topological polar surface area (TPSA) is 38.3 Å². The molecule has 0 radical (unpaired) electrons. The molecule has 3 rings (SSSR count). The van der Waals surface area contributed by atoms with Crippen molar-refractivity contribution in [3.8, 4) is 11.3 Å². The first-order valence-corrected chi connectivity index (χ1v) is 6.55. The summed E-state index contributed by atoms with van der Waals surface area (Å²) in [5.74, 6) is 1.78. The van der Waals surface area contributed by atoms with E-state index < -0.39 is 0 Å². The summed E-state index contributed by atoms with van der Waals surface area (Å²) in [6.45, 7) is 5.79. The molecule has 98 valence electrons. The molecule has 1 N–H and O–H groups in total. The van der Waals surface area contributed by atoms with Crippen LogP contribution in [0.1, 0.15) is 18.2 Å². The number of aryl methyl sites for hydroxylation is 1. The molecule has 3 aromatic rings. The van der Waals surface area contributed by atoms with Crippen molar-refractivity contribution in [2.75, 3.05) is 6.54 Å². The van der Waals surface area contributed by atoms with Gasteiger partial charge < -0.3 is 14.2 Å². The van der Waals surface area contributed by atoms with E-state index in [1.54, 1.807) is 6.26 Å². The molecule has 19 heavy (non-hydrogen) atoms. The number of nitrogens with one attached hydrogen (secondary N) is 1. The van der Waals surface area contributed by atoms with Gasteiger partial charge >= 0.3 is 0 Å². The highest BCUT2D eigenvalue weighted by Crippen LogP contribution is 2.31. The third-order valence-electron chi connectivity index (χ3n) is 3.22. The Morgan fingerprint density at radius 1 is 1.16 bits per heavy atom. The van der Waals surface area contributed by atoms with Crippen LogP contribution in [0.15, 0.2) is 45.4 Å². The van der Waals surface area contributed by atoms with Crippen molar-refractivity contribution in [3.05, 3.63) is 47.9 Å². The van der Waals surface area contributed by atoms with Crippen molar-refractivity contribution in [2.24, 2.45) is 0 Å². The zero-order valence-corrected chi connectivity index (χ0v) is 11.2. The van der Waals surface area contributed by atoms with Gasteiger partial charge in [0, 0.05) is 5.39 Å². The van der Waals surface area contributed by atoms with Gasteiger partial charge in [0.2, 0.25) is 0 Å². The molecule has 0 saturated carbocycles. The third kappa shape index (κ3) is 2.29. The number of hydrogen-bond acceptors (Lipinski definition) is 3. The smallest absolute Gasteiger partial charge is 0.138 e. The van der Waals surface area contributed by atoms with E-state index in [1.807, 2.05) is 12.1 Å². The number of fused-ring (bicyclic) bond motifs is 1. The third-order valence-corrected chi connectivity index (χ3v) is 3.22. The summed E-state index contributed by atoms with van der Waals surface area (Å²) in [5, 5.41) is 4.40. The van der Waals surface area contributed by atoms with Crippen LogP contribution in [0.2, 0.25) is 0 Å². The van der Waals surface area contributed by atoms with Crippen LogP contribution in [0.3, 0.4) is 0 Å². The van der Waals surface area contributed by atoms with Gasteiger partial charge in [-0.15, -0.1) is 0 Å². The largest absolute Gasteiger partial charge is 0.467 e. The maximum atomic E-state index is 5.90. The van der Waals surface area contributed by atoms with E-state index in [2.05, 4.69) is 37.4 Å². The number of hydrogen-bond donors (Lipinski definition) is 1. The van der Waals surface area contributed by atoms with E-state index >= 15 is 0 Å². The quantitative estimate of drug-likeness (QED) is 0.762. The molecule has 0 aliphatic rings. The summed E-state index contributed by atoms with van der Waals surface area (Å²) in [6, 6.07) is 10.2. The summed E-state index contributed by atoms with van der Waals surface area (Å²) < 4.78 is 11.4. The fourth-order valence-corrected chi connectivity index (χ4v) is 2.23. The molecule has 0 aliphatic carbocycles. The fourth-order valence-electron chi connectivity index (χ4n) is 2.23. The highest BCUT2D eigenvalue weighted by atomic mass is 16.3. The predicted octanol–water partition coefficient (Wildman–Crippen LogP) is 4.11. The van der Waals surface area contributed by atoms with Crippen molar-refractivity contribution in [1.82, 2.24) is 5.32 Å². The van der Waals surface area contributed by atoms with Gasteiger partial charge in [0.05, 0.1) is 18.4 Å². The first kappa shape index (κ1) is 12.1. The highest BCUT2D eigenvalue weighted by Gasteiger charge is 2.13. The van der Waals surface area contributed by atoms with Crippen LogP contribution < -0.4 is 5.32 Å². The van der Waals surface area contributed by atoms with Crippen molar-refractivity contribution in [1.29, 1.82) is 0 Å². The van der Waals surface area contributed by atoms with Crippen molar-refractivity contribution in [2.45, 2.75) is 20.4 Å². The molecule has 0 saturated heterocycles. The van der Waals surface area contributed by atoms with Crippen LogP contribution in [-0.2, 0) is 6.54 Å². The van der Waals surface area contributed by atoms with Crippen LogP contribution >= 0.6 is 0 Å². The normalized spacial score (nSPS) is 11.3. The second kappa shape index (κ2) is 4.94. The Labute approximate surface area is 112 Å². The van der Waals surface area contributed by atoms with E-state index in [-0.39, 0.29) is 0 Å². The van der Waals surface area contributed by atoms with Crippen molar-refractivity contribution < 1.29 is 8.83 Å². The van der Waals surface area contributed by atoms with Gasteiger partial charge in [0.15, 0.2) is 0 Å². The molecular weight excluding hydrogens is 238 g/mol. The van der Waals surface area contributed by atoms with Crippen LogP contribution in [0.25, 0.3) is 22.3 Å². The summed E-state index contributed by atoms with van der Waals surface area (Å²) in [6.07, 6.45) is 1.71. The lowest BCUT2D eigenvalue weighted by Gasteiger charge is -2.00. The number of furan rings is 2. The summed E-state index contributed by atoms with van der Waals surface area (Å²) in [4.78, 5) is 0. The molecule has 2 heterocycles. The molecule has 3 heteroatoms. The van der Waals surface area contributed by atoms with Gasteiger partial charge in [-0.2, -0.15) is 0 Å². The Balaban J connectivity index is 2.01. The zero-order valence-electron chi connectivity index (χ0n) is 11.2. The van der Waals surface area contributed by atoms with E-state index in [4.69, 9.17) is 8.83 Å². The molecule has 2 aromatic heterocycles. The van der Waals surface area contributed by atoms with Crippen LogP contribution in [-0.4, -0.2) is 6.54 Å². The summed E-state index contributed by atoms with van der Waals surface area (Å²) >= 11 is 0. The standard InChI is InChI=1S/C16H17NO2/c1-3-17-10-16-13(6-7-18-16)15-9-12-8-11(2)4-5-14(12)19-15/h4-9,17H,3,10H2,1-2H3. The van der Waals surface area contributed by atoms with E-state index in [9.17, 15) is 0 Å². The van der Waals surface area contributed by atoms with E-state index in [1.165, 1.54) is 5.56 Å². The predicted molar refractivity (Wildman–Crippen MR) is 76.0 cm³/mol. The fraction of sp³-hybridized carbons (Fsp3) is 0.250. The first-order chi connectivity index (χ1) is 9.28. The average Bonchev–Trinajstić information content (AvgIpc) is 3.01. The lowest BCUT2D eigenvalue weighted by Crippen LogP contribution is -2.11. The monoisotopic (exact) mass is 255 g/mol. The number of benzene rings is 1. The second-order valence-electron chi connectivity index (χ2n) is 4.69. The second-order valence-corrected chi connectivity index (χ2v) is 4.69. The van der Waals surface area contributed by atoms with Gasteiger partial charge in [-0.25, -0.2) is 0 Å². The Bertz CT molecular complexity index is 694. The van der Waals surface area contributed by atoms with Crippen LogP contribution in [0.4, 0.5) is 0 Å². The minimum absolute atomic E-state index is 0.717. The molecule has 0 fully saturated rings. The lowest BCUT2D eigenvalue weighted by molar-refractivity contribution is 0.487. The Morgan fingerprint density at radius 2 is 2.05 bits per heavy atom. The maximum absolute atomic E-state index is 5.90. The Kier molecular flexibility index (Phi) is 3.13. The molecule has 0 bridgehead atoms. The number of rotatable bonds is 4. The average molecular weight is 255 g/mol. The minimum Gasteiger partial charge on any atom is -0.467 e. The van der Waals surface area contributed by atoms with Gasteiger partial charge in [0.1, 0.15) is 17.1 Å². The lowest BCUT2D eigenvalue weighted by atomic mass is 10.1. The van der Waals surface area contributed by atoms with Crippen LogP contribution in [0, 0.1) is 6.92 Å². The SMILES string of the molecule is CCNCc1occc1-c1cc2cc(C)ccc2o1. The first-order valence-electron chi connectivity index (χ1n) is 6.55. The highest BCUT2D eigenvalue weighted by molar-refractivity contribution is 5.83. The van der Waals surface area contributed by atoms with Crippen LogP contribution in [0.5, 0.6) is 0 Å². The van der Waals surface area contributed by atoms with Gasteiger partial charge in [-0.05, 0) is 37.7 Å². The summed E-state index contributed by atoms with van der Waals surface area (Å²) in [5.41, 5.74) is 3.17. The Morgan fingerprint density at radius 3 is 2.89 bits per heavy atom. The maximum Gasteiger partial charge on any atom is 0.138 e. The molecular formula is C16H17NO2. The molecule has 3 nitrogen and oxygen atoms in total. The van der Waals surface area contributed by atoms with Gasteiger partial charge in [-0.3, -0.25) is 0 Å². The zero-order chi connectivity index (χ0) is 13.2.